The Kier molecular flexibility index (Phi) is 4.45. The van der Waals surface area contributed by atoms with Gasteiger partial charge in [-0.25, -0.2) is 0 Å². The van der Waals surface area contributed by atoms with Gasteiger partial charge in [0.15, 0.2) is 0 Å². The summed E-state index contributed by atoms with van der Waals surface area (Å²) in [7, 11) is 0. The summed E-state index contributed by atoms with van der Waals surface area (Å²) < 4.78 is 0. The van der Waals surface area contributed by atoms with Crippen LogP contribution in [0.25, 0.3) is 0 Å². The summed E-state index contributed by atoms with van der Waals surface area (Å²) in [5, 5.41) is 13.0. The molecule has 2 atom stereocenters. The minimum atomic E-state index is -0.317. The minimum absolute atomic E-state index is 0.0699. The van der Waals surface area contributed by atoms with E-state index in [0.29, 0.717) is 11.6 Å². The summed E-state index contributed by atoms with van der Waals surface area (Å²) >= 11 is 5.93. The molecule has 19 heavy (non-hydrogen) atoms. The normalized spacial score (nSPS) is 21.4. The Morgan fingerprint density at radius 2 is 2.32 bits per heavy atom. The SMILES string of the molecule is Cc1ccc(Cl)cc1NC(=O)C(C)N1CC[C@H](O)C1. The number of anilines is 1. The van der Waals surface area contributed by atoms with Gasteiger partial charge in [0.1, 0.15) is 0 Å². The number of likely N-dealkylation sites (tertiary alicyclic amines) is 1. The average Bonchev–Trinajstić information content (AvgIpc) is 2.79. The van der Waals surface area contributed by atoms with E-state index in [4.69, 9.17) is 11.6 Å². The van der Waals surface area contributed by atoms with Crippen molar-refractivity contribution in [2.45, 2.75) is 32.4 Å². The van der Waals surface area contributed by atoms with Crippen LogP contribution in [0.3, 0.4) is 0 Å². The van der Waals surface area contributed by atoms with Gasteiger partial charge in [-0.2, -0.15) is 0 Å². The Hall–Kier alpha value is -1.10. The van der Waals surface area contributed by atoms with Crippen molar-refractivity contribution >= 4 is 23.2 Å². The first kappa shape index (κ1) is 14.3. The predicted molar refractivity (Wildman–Crippen MR) is 76.5 cm³/mol. The van der Waals surface area contributed by atoms with Crippen LogP contribution in [0.1, 0.15) is 18.9 Å². The van der Waals surface area contributed by atoms with Gasteiger partial charge < -0.3 is 10.4 Å². The summed E-state index contributed by atoms with van der Waals surface area (Å²) in [6, 6.07) is 5.17. The number of hydrogen-bond acceptors (Lipinski definition) is 3. The zero-order valence-electron chi connectivity index (χ0n) is 11.2. The summed E-state index contributed by atoms with van der Waals surface area (Å²) in [4.78, 5) is 14.2. The lowest BCUT2D eigenvalue weighted by molar-refractivity contribution is -0.120. The number of rotatable bonds is 3. The van der Waals surface area contributed by atoms with Gasteiger partial charge in [0, 0.05) is 23.8 Å². The molecule has 4 nitrogen and oxygen atoms in total. The second kappa shape index (κ2) is 5.90. The van der Waals surface area contributed by atoms with Crippen LogP contribution in [0.5, 0.6) is 0 Å². The Morgan fingerprint density at radius 3 is 2.95 bits per heavy atom. The number of aryl methyl sites for hydroxylation is 1. The van der Waals surface area contributed by atoms with Crippen molar-refractivity contribution in [3.8, 4) is 0 Å². The molecule has 2 N–H and O–H groups in total. The van der Waals surface area contributed by atoms with Gasteiger partial charge in [0.2, 0.25) is 5.91 Å². The largest absolute Gasteiger partial charge is 0.392 e. The molecule has 0 bridgehead atoms. The Balaban J connectivity index is 2.02. The van der Waals surface area contributed by atoms with Gasteiger partial charge in [-0.05, 0) is 38.0 Å². The Labute approximate surface area is 118 Å². The maximum Gasteiger partial charge on any atom is 0.241 e. The first-order chi connectivity index (χ1) is 8.97. The highest BCUT2D eigenvalue weighted by Crippen LogP contribution is 2.21. The topological polar surface area (TPSA) is 52.6 Å². The van der Waals surface area contributed by atoms with Crippen LogP contribution in [0, 0.1) is 6.92 Å². The lowest BCUT2D eigenvalue weighted by Crippen LogP contribution is -2.41. The van der Waals surface area contributed by atoms with Crippen molar-refractivity contribution in [1.82, 2.24) is 4.90 Å². The average molecular weight is 283 g/mol. The third-order valence-corrected chi connectivity index (χ3v) is 3.81. The third kappa shape index (κ3) is 3.47. The maximum atomic E-state index is 12.2. The number of aliphatic hydroxyl groups excluding tert-OH is 1. The minimum Gasteiger partial charge on any atom is -0.392 e. The van der Waals surface area contributed by atoms with Crippen molar-refractivity contribution in [2.75, 3.05) is 18.4 Å². The van der Waals surface area contributed by atoms with Gasteiger partial charge in [-0.15, -0.1) is 0 Å². The Bertz CT molecular complexity index is 479. The molecule has 1 amide bonds. The standard InChI is InChI=1S/C14H19ClN2O2/c1-9-3-4-11(15)7-13(9)16-14(19)10(2)17-6-5-12(18)8-17/h3-4,7,10,12,18H,5-6,8H2,1-2H3,(H,16,19)/t10?,12-/m0/s1. The molecule has 0 aliphatic carbocycles. The number of carbonyl (C=O) groups excluding carboxylic acids is 1. The molecular weight excluding hydrogens is 264 g/mol. The summed E-state index contributed by atoms with van der Waals surface area (Å²) in [5.74, 6) is -0.0699. The molecule has 1 aliphatic heterocycles. The van der Waals surface area contributed by atoms with Crippen molar-refractivity contribution in [3.05, 3.63) is 28.8 Å². The maximum absolute atomic E-state index is 12.2. The van der Waals surface area contributed by atoms with Crippen LogP contribution < -0.4 is 5.32 Å². The number of carbonyl (C=O) groups is 1. The summed E-state index contributed by atoms with van der Waals surface area (Å²) in [6.07, 6.45) is 0.413. The lowest BCUT2D eigenvalue weighted by Gasteiger charge is -2.23. The fraction of sp³-hybridized carbons (Fsp3) is 0.500. The number of benzene rings is 1. The molecule has 1 fully saturated rings. The first-order valence-corrected chi connectivity index (χ1v) is 6.84. The van der Waals surface area contributed by atoms with Crippen molar-refractivity contribution in [2.24, 2.45) is 0 Å². The van der Waals surface area contributed by atoms with Crippen molar-refractivity contribution < 1.29 is 9.90 Å². The molecule has 0 spiro atoms. The predicted octanol–water partition coefficient (Wildman–Crippen LogP) is 2.04. The molecule has 0 saturated carbocycles. The lowest BCUT2D eigenvalue weighted by atomic mass is 10.2. The molecule has 1 aliphatic rings. The highest BCUT2D eigenvalue weighted by Gasteiger charge is 2.28. The van der Waals surface area contributed by atoms with Crippen molar-refractivity contribution in [3.63, 3.8) is 0 Å². The third-order valence-electron chi connectivity index (χ3n) is 3.58. The van der Waals surface area contributed by atoms with Crippen LogP contribution in [0.2, 0.25) is 5.02 Å². The molecule has 1 aromatic rings. The molecular formula is C14H19ClN2O2. The molecule has 1 unspecified atom stereocenters. The number of amides is 1. The van der Waals surface area contributed by atoms with Gasteiger partial charge >= 0.3 is 0 Å². The molecule has 104 valence electrons. The van der Waals surface area contributed by atoms with E-state index >= 15 is 0 Å². The van der Waals surface area contributed by atoms with Gasteiger partial charge in [-0.1, -0.05) is 17.7 Å². The van der Waals surface area contributed by atoms with E-state index in [-0.39, 0.29) is 18.1 Å². The second-order valence-electron chi connectivity index (χ2n) is 5.06. The zero-order valence-corrected chi connectivity index (χ0v) is 11.9. The number of nitrogens with zero attached hydrogens (tertiary/aromatic N) is 1. The highest BCUT2D eigenvalue weighted by atomic mass is 35.5. The second-order valence-corrected chi connectivity index (χ2v) is 5.50. The van der Waals surface area contributed by atoms with E-state index in [1.54, 1.807) is 12.1 Å². The van der Waals surface area contributed by atoms with Crippen molar-refractivity contribution in [1.29, 1.82) is 0 Å². The summed E-state index contributed by atoms with van der Waals surface area (Å²) in [6.45, 7) is 5.09. The first-order valence-electron chi connectivity index (χ1n) is 6.46. The van der Waals surface area contributed by atoms with E-state index in [9.17, 15) is 9.90 Å². The molecule has 0 radical (unpaired) electrons. The number of halogens is 1. The van der Waals surface area contributed by atoms with Crippen LogP contribution in [-0.2, 0) is 4.79 Å². The van der Waals surface area contributed by atoms with Gasteiger partial charge in [0.05, 0.1) is 12.1 Å². The fourth-order valence-electron chi connectivity index (χ4n) is 2.25. The Morgan fingerprint density at radius 1 is 1.58 bits per heavy atom. The highest BCUT2D eigenvalue weighted by molar-refractivity contribution is 6.31. The van der Waals surface area contributed by atoms with Crippen LogP contribution in [0.15, 0.2) is 18.2 Å². The van der Waals surface area contributed by atoms with E-state index in [1.165, 1.54) is 0 Å². The number of nitrogens with one attached hydrogen (secondary N) is 1. The monoisotopic (exact) mass is 282 g/mol. The fourth-order valence-corrected chi connectivity index (χ4v) is 2.42. The molecule has 1 heterocycles. The van der Waals surface area contributed by atoms with E-state index < -0.39 is 0 Å². The van der Waals surface area contributed by atoms with E-state index in [0.717, 1.165) is 24.2 Å². The number of β-amino-alcohol motifs (C(OH)–C–C–N with tert-alkyl or cyclic N) is 1. The zero-order chi connectivity index (χ0) is 14.0. The van der Waals surface area contributed by atoms with Gasteiger partial charge in [0.25, 0.3) is 0 Å². The van der Waals surface area contributed by atoms with E-state index in [1.807, 2.05) is 24.8 Å². The molecule has 2 rings (SSSR count). The van der Waals surface area contributed by atoms with Gasteiger partial charge in [-0.3, -0.25) is 9.69 Å². The molecule has 0 aromatic heterocycles. The van der Waals surface area contributed by atoms with Crippen LogP contribution in [-0.4, -0.2) is 41.1 Å². The molecule has 5 heteroatoms. The quantitative estimate of drug-likeness (QED) is 0.892. The summed E-state index contributed by atoms with van der Waals surface area (Å²) in [5.41, 5.74) is 1.72. The number of aliphatic hydroxyl groups is 1. The van der Waals surface area contributed by atoms with E-state index in [2.05, 4.69) is 5.32 Å². The molecule has 1 saturated heterocycles. The molecule has 1 aromatic carbocycles. The smallest absolute Gasteiger partial charge is 0.241 e. The van der Waals surface area contributed by atoms with Crippen LogP contribution >= 0.6 is 11.6 Å². The van der Waals surface area contributed by atoms with Crippen LogP contribution in [0.4, 0.5) is 5.69 Å². The number of hydrogen-bond donors (Lipinski definition) is 2.